The molecule has 0 atom stereocenters. The van der Waals surface area contributed by atoms with E-state index < -0.39 is 0 Å². The molecule has 0 bridgehead atoms. The Morgan fingerprint density at radius 1 is 1.28 bits per heavy atom. The highest BCUT2D eigenvalue weighted by Crippen LogP contribution is 2.25. The predicted octanol–water partition coefficient (Wildman–Crippen LogP) is 3.04. The summed E-state index contributed by atoms with van der Waals surface area (Å²) in [4.78, 5) is 0. The molecule has 0 aliphatic heterocycles. The number of rotatable bonds is 4. The second-order valence-corrected chi connectivity index (χ2v) is 6.14. The third-order valence-corrected chi connectivity index (χ3v) is 3.41. The van der Waals surface area contributed by atoms with E-state index >= 15 is 0 Å². The zero-order chi connectivity index (χ0) is 13.2. The summed E-state index contributed by atoms with van der Waals surface area (Å²) in [5, 5.41) is 15.7. The molecular weight excluding hydrogens is 246 g/mol. The normalized spacial score (nSPS) is 12.0. The van der Waals surface area contributed by atoms with Gasteiger partial charge < -0.3 is 9.73 Å². The highest BCUT2D eigenvalue weighted by molar-refractivity contribution is 7.08. The third-order valence-electron chi connectivity index (χ3n) is 2.55. The predicted molar refractivity (Wildman–Crippen MR) is 73.8 cm³/mol. The summed E-state index contributed by atoms with van der Waals surface area (Å²) in [7, 11) is 0. The SMILES string of the molecule is Cc1cscc1-c1nnc(CCNC(C)(C)C)o1. The van der Waals surface area contributed by atoms with Crippen LogP contribution in [-0.2, 0) is 6.42 Å². The van der Waals surface area contributed by atoms with E-state index in [2.05, 4.69) is 48.6 Å². The summed E-state index contributed by atoms with van der Waals surface area (Å²) in [6.07, 6.45) is 0.757. The molecule has 98 valence electrons. The number of aryl methyl sites for hydroxylation is 1. The molecule has 0 saturated carbocycles. The molecule has 0 aliphatic carbocycles. The van der Waals surface area contributed by atoms with Crippen molar-refractivity contribution in [2.75, 3.05) is 6.54 Å². The second-order valence-electron chi connectivity index (χ2n) is 5.40. The van der Waals surface area contributed by atoms with Crippen LogP contribution in [0.4, 0.5) is 0 Å². The molecular formula is C13H19N3OS. The van der Waals surface area contributed by atoms with Gasteiger partial charge in [0.15, 0.2) is 0 Å². The van der Waals surface area contributed by atoms with Crippen LogP contribution in [0.15, 0.2) is 15.2 Å². The summed E-state index contributed by atoms with van der Waals surface area (Å²) in [6.45, 7) is 9.31. The number of hydrogen-bond acceptors (Lipinski definition) is 5. The molecule has 0 spiro atoms. The van der Waals surface area contributed by atoms with E-state index in [1.165, 1.54) is 5.56 Å². The molecule has 0 unspecified atom stereocenters. The molecule has 2 aromatic rings. The lowest BCUT2D eigenvalue weighted by molar-refractivity contribution is 0.412. The quantitative estimate of drug-likeness (QED) is 0.923. The van der Waals surface area contributed by atoms with Crippen molar-refractivity contribution in [3.63, 3.8) is 0 Å². The van der Waals surface area contributed by atoms with Crippen LogP contribution in [0, 0.1) is 6.92 Å². The summed E-state index contributed by atoms with van der Waals surface area (Å²) in [5.74, 6) is 1.31. The third kappa shape index (κ3) is 3.40. The molecule has 5 heteroatoms. The van der Waals surface area contributed by atoms with Gasteiger partial charge in [0.05, 0.1) is 5.56 Å². The number of nitrogens with zero attached hydrogens (tertiary/aromatic N) is 2. The average Bonchev–Trinajstić information content (AvgIpc) is 2.84. The van der Waals surface area contributed by atoms with E-state index in [0.29, 0.717) is 11.8 Å². The Bertz CT molecular complexity index is 510. The van der Waals surface area contributed by atoms with Crippen molar-refractivity contribution in [2.45, 2.75) is 39.7 Å². The summed E-state index contributed by atoms with van der Waals surface area (Å²) < 4.78 is 5.67. The summed E-state index contributed by atoms with van der Waals surface area (Å²) in [6, 6.07) is 0. The number of hydrogen-bond donors (Lipinski definition) is 1. The summed E-state index contributed by atoms with van der Waals surface area (Å²) >= 11 is 1.65. The van der Waals surface area contributed by atoms with Crippen LogP contribution in [0.25, 0.3) is 11.5 Å². The Labute approximate surface area is 111 Å². The van der Waals surface area contributed by atoms with Gasteiger partial charge in [0.2, 0.25) is 11.8 Å². The maximum Gasteiger partial charge on any atom is 0.248 e. The zero-order valence-corrected chi connectivity index (χ0v) is 12.1. The first kappa shape index (κ1) is 13.2. The minimum Gasteiger partial charge on any atom is -0.421 e. The molecule has 0 amide bonds. The smallest absolute Gasteiger partial charge is 0.248 e. The van der Waals surface area contributed by atoms with Crippen molar-refractivity contribution < 1.29 is 4.42 Å². The van der Waals surface area contributed by atoms with Gasteiger partial charge in [-0.2, -0.15) is 11.3 Å². The molecule has 0 saturated heterocycles. The van der Waals surface area contributed by atoms with E-state index in [1.807, 2.05) is 5.38 Å². The first-order valence-electron chi connectivity index (χ1n) is 6.06. The van der Waals surface area contributed by atoms with Crippen molar-refractivity contribution in [1.82, 2.24) is 15.5 Å². The van der Waals surface area contributed by atoms with Gasteiger partial charge in [-0.1, -0.05) is 0 Å². The largest absolute Gasteiger partial charge is 0.421 e. The van der Waals surface area contributed by atoms with E-state index in [-0.39, 0.29) is 5.54 Å². The fourth-order valence-electron chi connectivity index (χ4n) is 1.59. The highest BCUT2D eigenvalue weighted by atomic mass is 32.1. The average molecular weight is 265 g/mol. The fraction of sp³-hybridized carbons (Fsp3) is 0.538. The van der Waals surface area contributed by atoms with Crippen LogP contribution < -0.4 is 5.32 Å². The highest BCUT2D eigenvalue weighted by Gasteiger charge is 2.13. The Hall–Kier alpha value is -1.20. The van der Waals surface area contributed by atoms with Crippen molar-refractivity contribution >= 4 is 11.3 Å². The van der Waals surface area contributed by atoms with Gasteiger partial charge in [-0.3, -0.25) is 0 Å². The maximum atomic E-state index is 5.67. The van der Waals surface area contributed by atoms with E-state index in [1.54, 1.807) is 11.3 Å². The molecule has 0 aromatic carbocycles. The molecule has 0 radical (unpaired) electrons. The van der Waals surface area contributed by atoms with Crippen molar-refractivity contribution in [3.8, 4) is 11.5 Å². The van der Waals surface area contributed by atoms with E-state index in [4.69, 9.17) is 4.42 Å². The van der Waals surface area contributed by atoms with Crippen LogP contribution in [-0.4, -0.2) is 22.3 Å². The molecule has 1 N–H and O–H groups in total. The number of thiophene rings is 1. The topological polar surface area (TPSA) is 51.0 Å². The van der Waals surface area contributed by atoms with Crippen LogP contribution in [0.1, 0.15) is 32.2 Å². The molecule has 0 aliphatic rings. The molecule has 2 heterocycles. The van der Waals surface area contributed by atoms with Crippen molar-refractivity contribution in [2.24, 2.45) is 0 Å². The van der Waals surface area contributed by atoms with Crippen molar-refractivity contribution in [3.05, 3.63) is 22.2 Å². The second kappa shape index (κ2) is 5.20. The van der Waals surface area contributed by atoms with Crippen LogP contribution in [0.3, 0.4) is 0 Å². The Morgan fingerprint density at radius 2 is 2.06 bits per heavy atom. The lowest BCUT2D eigenvalue weighted by Gasteiger charge is -2.19. The Kier molecular flexibility index (Phi) is 3.82. The molecule has 18 heavy (non-hydrogen) atoms. The van der Waals surface area contributed by atoms with Crippen molar-refractivity contribution in [1.29, 1.82) is 0 Å². The maximum absolute atomic E-state index is 5.67. The summed E-state index contributed by atoms with van der Waals surface area (Å²) in [5.41, 5.74) is 2.35. The van der Waals surface area contributed by atoms with Crippen LogP contribution in [0.2, 0.25) is 0 Å². The van der Waals surface area contributed by atoms with E-state index in [0.717, 1.165) is 18.5 Å². The first-order valence-corrected chi connectivity index (χ1v) is 7.00. The van der Waals surface area contributed by atoms with E-state index in [9.17, 15) is 0 Å². The van der Waals surface area contributed by atoms with Crippen LogP contribution in [0.5, 0.6) is 0 Å². The minimum atomic E-state index is 0.118. The van der Waals surface area contributed by atoms with Gasteiger partial charge in [-0.05, 0) is 38.6 Å². The lowest BCUT2D eigenvalue weighted by Crippen LogP contribution is -2.37. The standard InChI is InChI=1S/C13H19N3OS/c1-9-7-18-8-10(9)12-16-15-11(17-12)5-6-14-13(2,3)4/h7-8,14H,5-6H2,1-4H3. The van der Waals surface area contributed by atoms with Gasteiger partial charge in [-0.25, -0.2) is 0 Å². The zero-order valence-electron chi connectivity index (χ0n) is 11.3. The van der Waals surface area contributed by atoms with Gasteiger partial charge in [-0.15, -0.1) is 10.2 Å². The number of aromatic nitrogens is 2. The fourth-order valence-corrected chi connectivity index (χ4v) is 2.41. The minimum absolute atomic E-state index is 0.118. The molecule has 4 nitrogen and oxygen atoms in total. The first-order chi connectivity index (χ1) is 8.46. The van der Waals surface area contributed by atoms with Gasteiger partial charge in [0.1, 0.15) is 0 Å². The molecule has 2 aromatic heterocycles. The molecule has 2 rings (SSSR count). The number of nitrogens with one attached hydrogen (secondary N) is 1. The van der Waals surface area contributed by atoms with Gasteiger partial charge >= 0.3 is 0 Å². The van der Waals surface area contributed by atoms with Gasteiger partial charge in [0, 0.05) is 23.9 Å². The molecule has 0 fully saturated rings. The lowest BCUT2D eigenvalue weighted by atomic mass is 10.1. The Morgan fingerprint density at radius 3 is 2.67 bits per heavy atom. The monoisotopic (exact) mass is 265 g/mol. The Balaban J connectivity index is 1.97. The van der Waals surface area contributed by atoms with Gasteiger partial charge in [0.25, 0.3) is 0 Å². The van der Waals surface area contributed by atoms with Crippen LogP contribution >= 0.6 is 11.3 Å².